The summed E-state index contributed by atoms with van der Waals surface area (Å²) >= 11 is 0. The van der Waals surface area contributed by atoms with Crippen molar-refractivity contribution >= 4 is 27.5 Å². The predicted octanol–water partition coefficient (Wildman–Crippen LogP) is 2.30. The Balaban J connectivity index is 1.61. The van der Waals surface area contributed by atoms with Gasteiger partial charge in [-0.1, -0.05) is 6.92 Å². The quantitative estimate of drug-likeness (QED) is 0.764. The zero-order valence-electron chi connectivity index (χ0n) is 17.5. The number of carbonyl (C=O) groups is 2. The molecule has 0 aliphatic carbocycles. The van der Waals surface area contributed by atoms with Crippen molar-refractivity contribution in [2.75, 3.05) is 24.5 Å². The van der Waals surface area contributed by atoms with Crippen LogP contribution in [0.2, 0.25) is 0 Å². The lowest BCUT2D eigenvalue weighted by Crippen LogP contribution is -2.38. The molecule has 1 aromatic rings. The maximum Gasteiger partial charge on any atom is 0.240 e. The van der Waals surface area contributed by atoms with Crippen LogP contribution in [0, 0.1) is 5.92 Å². The first-order valence-electron chi connectivity index (χ1n) is 10.4. The molecule has 1 saturated heterocycles. The standard InChI is InChI=1S/C21H31N3O4S/c1-15(2)22-29(27,28)18-4-5-19-17(14-18)10-13-24(19)21(26)7-6-20(25)23-11-8-16(3)9-12-23/h4-5,14-16,22H,6-13H2,1-3H3. The van der Waals surface area contributed by atoms with Crippen LogP contribution in [0.4, 0.5) is 5.69 Å². The third-order valence-corrected chi connectivity index (χ3v) is 7.29. The highest BCUT2D eigenvalue weighted by molar-refractivity contribution is 7.89. The third kappa shape index (κ3) is 5.17. The fraction of sp³-hybridized carbons (Fsp3) is 0.619. The normalized spacial score (nSPS) is 17.7. The number of benzene rings is 1. The van der Waals surface area contributed by atoms with Crippen molar-refractivity contribution < 1.29 is 18.0 Å². The van der Waals surface area contributed by atoms with Crippen LogP contribution in [0.3, 0.4) is 0 Å². The fourth-order valence-corrected chi connectivity index (χ4v) is 5.25. The van der Waals surface area contributed by atoms with Gasteiger partial charge in [0.25, 0.3) is 0 Å². The molecule has 8 heteroatoms. The van der Waals surface area contributed by atoms with E-state index in [1.165, 1.54) is 6.07 Å². The topological polar surface area (TPSA) is 86.8 Å². The molecule has 3 rings (SSSR count). The van der Waals surface area contributed by atoms with E-state index in [1.807, 2.05) is 4.90 Å². The second kappa shape index (κ2) is 8.83. The lowest BCUT2D eigenvalue weighted by atomic mass is 9.99. The minimum atomic E-state index is -3.56. The van der Waals surface area contributed by atoms with Gasteiger partial charge in [0.2, 0.25) is 21.8 Å². The van der Waals surface area contributed by atoms with E-state index in [-0.39, 0.29) is 35.6 Å². The molecule has 0 spiro atoms. The van der Waals surface area contributed by atoms with E-state index in [2.05, 4.69) is 11.6 Å². The van der Waals surface area contributed by atoms with Crippen LogP contribution in [0.25, 0.3) is 0 Å². The SMILES string of the molecule is CC1CCN(C(=O)CCC(=O)N2CCc3cc(S(=O)(=O)NC(C)C)ccc32)CC1. The van der Waals surface area contributed by atoms with Gasteiger partial charge in [-0.15, -0.1) is 0 Å². The molecule has 7 nitrogen and oxygen atoms in total. The molecule has 29 heavy (non-hydrogen) atoms. The molecule has 2 aliphatic heterocycles. The number of sulfonamides is 1. The van der Waals surface area contributed by atoms with Gasteiger partial charge in [0.1, 0.15) is 0 Å². The lowest BCUT2D eigenvalue weighted by molar-refractivity contribution is -0.134. The number of carbonyl (C=O) groups excluding carboxylic acids is 2. The molecule has 0 bridgehead atoms. The van der Waals surface area contributed by atoms with Crippen LogP contribution in [-0.2, 0) is 26.0 Å². The summed E-state index contributed by atoms with van der Waals surface area (Å²) in [5.74, 6) is 0.621. The Morgan fingerprint density at radius 1 is 1.10 bits per heavy atom. The van der Waals surface area contributed by atoms with Crippen LogP contribution in [0.5, 0.6) is 0 Å². The van der Waals surface area contributed by atoms with Crippen LogP contribution in [0.15, 0.2) is 23.1 Å². The Morgan fingerprint density at radius 2 is 1.76 bits per heavy atom. The summed E-state index contributed by atoms with van der Waals surface area (Å²) in [5.41, 5.74) is 1.60. The van der Waals surface area contributed by atoms with Gasteiger partial charge in [0.05, 0.1) is 4.90 Å². The summed E-state index contributed by atoms with van der Waals surface area (Å²) in [6.45, 7) is 7.83. The smallest absolute Gasteiger partial charge is 0.240 e. The number of nitrogens with one attached hydrogen (secondary N) is 1. The summed E-state index contributed by atoms with van der Waals surface area (Å²) in [6.07, 6.45) is 3.07. The number of hydrogen-bond acceptors (Lipinski definition) is 4. The molecule has 1 aromatic carbocycles. The molecule has 0 unspecified atom stereocenters. The molecule has 0 saturated carbocycles. The second-order valence-electron chi connectivity index (χ2n) is 8.43. The molecule has 0 aromatic heterocycles. The zero-order valence-corrected chi connectivity index (χ0v) is 18.3. The van der Waals surface area contributed by atoms with Gasteiger partial charge in [0.15, 0.2) is 0 Å². The van der Waals surface area contributed by atoms with Gasteiger partial charge >= 0.3 is 0 Å². The molecular formula is C21H31N3O4S. The minimum absolute atomic E-state index is 0.0471. The Labute approximate surface area is 173 Å². The van der Waals surface area contributed by atoms with Gasteiger partial charge in [-0.25, -0.2) is 13.1 Å². The molecule has 1 fully saturated rings. The maximum atomic E-state index is 12.7. The first-order valence-corrected chi connectivity index (χ1v) is 11.9. The highest BCUT2D eigenvalue weighted by Gasteiger charge is 2.28. The summed E-state index contributed by atoms with van der Waals surface area (Å²) < 4.78 is 27.3. The number of hydrogen-bond donors (Lipinski definition) is 1. The summed E-state index contributed by atoms with van der Waals surface area (Å²) in [4.78, 5) is 28.8. The van der Waals surface area contributed by atoms with Crippen molar-refractivity contribution in [3.63, 3.8) is 0 Å². The van der Waals surface area contributed by atoms with E-state index in [0.717, 1.165) is 37.2 Å². The van der Waals surface area contributed by atoms with Crippen LogP contribution in [0.1, 0.15) is 52.0 Å². The highest BCUT2D eigenvalue weighted by Crippen LogP contribution is 2.31. The van der Waals surface area contributed by atoms with Crippen LogP contribution >= 0.6 is 0 Å². The zero-order chi connectivity index (χ0) is 21.2. The molecule has 2 aliphatic rings. The van der Waals surface area contributed by atoms with Crippen molar-refractivity contribution in [2.24, 2.45) is 5.92 Å². The number of anilines is 1. The summed E-state index contributed by atoms with van der Waals surface area (Å²) in [6, 6.07) is 4.69. The maximum absolute atomic E-state index is 12.7. The lowest BCUT2D eigenvalue weighted by Gasteiger charge is -2.30. The number of rotatable bonds is 6. The Kier molecular flexibility index (Phi) is 6.63. The van der Waals surface area contributed by atoms with Gasteiger partial charge < -0.3 is 9.80 Å². The minimum Gasteiger partial charge on any atom is -0.343 e. The number of piperidine rings is 1. The van der Waals surface area contributed by atoms with E-state index < -0.39 is 10.0 Å². The molecule has 0 radical (unpaired) electrons. The fourth-order valence-electron chi connectivity index (χ4n) is 3.95. The van der Waals surface area contributed by atoms with E-state index in [9.17, 15) is 18.0 Å². The number of fused-ring (bicyclic) bond motifs is 1. The molecule has 1 N–H and O–H groups in total. The predicted molar refractivity (Wildman–Crippen MR) is 112 cm³/mol. The van der Waals surface area contributed by atoms with Crippen molar-refractivity contribution in [3.8, 4) is 0 Å². The van der Waals surface area contributed by atoms with Crippen molar-refractivity contribution in [3.05, 3.63) is 23.8 Å². The number of likely N-dealkylation sites (tertiary alicyclic amines) is 1. The Hall–Kier alpha value is -1.93. The van der Waals surface area contributed by atoms with E-state index in [0.29, 0.717) is 18.9 Å². The van der Waals surface area contributed by atoms with Gasteiger partial charge in [0, 0.05) is 44.2 Å². The van der Waals surface area contributed by atoms with Gasteiger partial charge in [-0.3, -0.25) is 9.59 Å². The summed E-state index contributed by atoms with van der Waals surface area (Å²) in [5, 5.41) is 0. The van der Waals surface area contributed by atoms with E-state index in [1.54, 1.807) is 30.9 Å². The average molecular weight is 422 g/mol. The largest absolute Gasteiger partial charge is 0.343 e. The second-order valence-corrected chi connectivity index (χ2v) is 10.1. The van der Waals surface area contributed by atoms with Crippen molar-refractivity contribution in [1.82, 2.24) is 9.62 Å². The Bertz CT molecular complexity index is 874. The van der Waals surface area contributed by atoms with Crippen molar-refractivity contribution in [1.29, 1.82) is 0 Å². The molecular weight excluding hydrogens is 390 g/mol. The molecule has 2 heterocycles. The molecule has 2 amide bonds. The first-order chi connectivity index (χ1) is 13.7. The Morgan fingerprint density at radius 3 is 2.41 bits per heavy atom. The number of nitrogens with zero attached hydrogens (tertiary/aromatic N) is 2. The monoisotopic (exact) mass is 421 g/mol. The average Bonchev–Trinajstić information content (AvgIpc) is 3.08. The van der Waals surface area contributed by atoms with E-state index in [4.69, 9.17) is 0 Å². The number of amides is 2. The van der Waals surface area contributed by atoms with Gasteiger partial charge in [-0.05, 0) is 62.8 Å². The summed E-state index contributed by atoms with van der Waals surface area (Å²) in [7, 11) is -3.56. The van der Waals surface area contributed by atoms with Gasteiger partial charge in [-0.2, -0.15) is 0 Å². The van der Waals surface area contributed by atoms with E-state index >= 15 is 0 Å². The van der Waals surface area contributed by atoms with Crippen molar-refractivity contribution in [2.45, 2.75) is 63.8 Å². The third-order valence-electron chi connectivity index (χ3n) is 5.64. The van der Waals surface area contributed by atoms with Crippen LogP contribution in [-0.4, -0.2) is 50.8 Å². The molecule has 0 atom stereocenters. The van der Waals surface area contributed by atoms with Crippen LogP contribution < -0.4 is 9.62 Å². The first kappa shape index (κ1) is 21.8. The molecule has 160 valence electrons. The highest BCUT2D eigenvalue weighted by atomic mass is 32.2.